The lowest BCUT2D eigenvalue weighted by molar-refractivity contribution is -0.137. The summed E-state index contributed by atoms with van der Waals surface area (Å²) in [6.45, 7) is 7.57. The molecule has 1 fully saturated rings. The minimum Gasteiger partial charge on any atom is -0.343 e. The van der Waals surface area contributed by atoms with Gasteiger partial charge < -0.3 is 4.90 Å². The molecule has 1 aromatic carbocycles. The topological polar surface area (TPSA) is 23.6 Å². The Bertz CT molecular complexity index is 517. The van der Waals surface area contributed by atoms with E-state index in [0.29, 0.717) is 13.1 Å². The predicted octanol–water partition coefficient (Wildman–Crippen LogP) is 3.05. The van der Waals surface area contributed by atoms with E-state index in [-0.39, 0.29) is 11.8 Å². The van der Waals surface area contributed by atoms with Gasteiger partial charge in [-0.15, -0.1) is 0 Å². The number of amides is 1. The Hall–Kier alpha value is -1.49. The summed E-state index contributed by atoms with van der Waals surface area (Å²) in [7, 11) is 0. The van der Waals surface area contributed by atoms with Crippen LogP contribution in [0.15, 0.2) is 18.2 Å². The maximum atomic E-state index is 13.3. The molecule has 0 radical (unpaired) electrons. The van der Waals surface area contributed by atoms with Crippen LogP contribution in [-0.4, -0.2) is 41.9 Å². The number of carbonyl (C=O) groups excluding carboxylic acids is 1. The quantitative estimate of drug-likeness (QED) is 0.834. The van der Waals surface area contributed by atoms with E-state index >= 15 is 0 Å². The summed E-state index contributed by atoms with van der Waals surface area (Å²) in [6, 6.07) is 4.01. The number of piperidine rings is 1. The highest BCUT2D eigenvalue weighted by Crippen LogP contribution is 2.21. The number of nitrogens with zero attached hydrogens (tertiary/aromatic N) is 2. The van der Waals surface area contributed by atoms with E-state index in [0.717, 1.165) is 44.1 Å². The molecule has 1 aliphatic rings. The van der Waals surface area contributed by atoms with E-state index in [9.17, 15) is 13.6 Å². The van der Waals surface area contributed by atoms with Crippen molar-refractivity contribution < 1.29 is 13.6 Å². The summed E-state index contributed by atoms with van der Waals surface area (Å²) in [5, 5.41) is 0. The third-order valence-electron chi connectivity index (χ3n) is 4.32. The molecule has 0 aromatic heterocycles. The zero-order valence-corrected chi connectivity index (χ0v) is 13.3. The van der Waals surface area contributed by atoms with Crippen molar-refractivity contribution in [2.45, 2.75) is 33.2 Å². The Labute approximate surface area is 130 Å². The summed E-state index contributed by atoms with van der Waals surface area (Å²) in [5.41, 5.74) is 0.745. The molecule has 1 amide bonds. The molecule has 1 heterocycles. The van der Waals surface area contributed by atoms with Gasteiger partial charge in [0.25, 0.3) is 0 Å². The smallest absolute Gasteiger partial charge is 0.226 e. The van der Waals surface area contributed by atoms with Gasteiger partial charge in [-0.3, -0.25) is 9.69 Å². The number of benzene rings is 1. The predicted molar refractivity (Wildman–Crippen MR) is 82.3 cm³/mol. The summed E-state index contributed by atoms with van der Waals surface area (Å²) >= 11 is 0. The monoisotopic (exact) mass is 310 g/mol. The van der Waals surface area contributed by atoms with Crippen LogP contribution < -0.4 is 0 Å². The van der Waals surface area contributed by atoms with E-state index < -0.39 is 11.6 Å². The van der Waals surface area contributed by atoms with E-state index in [1.807, 2.05) is 18.7 Å². The lowest BCUT2D eigenvalue weighted by atomic mass is 9.96. The highest BCUT2D eigenvalue weighted by Gasteiger charge is 2.28. The molecule has 0 aliphatic carbocycles. The van der Waals surface area contributed by atoms with Crippen molar-refractivity contribution >= 4 is 5.91 Å². The third-order valence-corrected chi connectivity index (χ3v) is 4.32. The van der Waals surface area contributed by atoms with Crippen LogP contribution in [0.2, 0.25) is 0 Å². The Morgan fingerprint density at radius 1 is 1.27 bits per heavy atom. The number of hydrogen-bond acceptors (Lipinski definition) is 2. The maximum absolute atomic E-state index is 13.3. The lowest BCUT2D eigenvalue weighted by Gasteiger charge is -2.34. The van der Waals surface area contributed by atoms with E-state index in [4.69, 9.17) is 0 Å². The van der Waals surface area contributed by atoms with Crippen LogP contribution in [-0.2, 0) is 11.3 Å². The summed E-state index contributed by atoms with van der Waals surface area (Å²) < 4.78 is 26.3. The van der Waals surface area contributed by atoms with Gasteiger partial charge in [-0.1, -0.05) is 6.07 Å². The maximum Gasteiger partial charge on any atom is 0.226 e. The third kappa shape index (κ3) is 4.03. The van der Waals surface area contributed by atoms with Gasteiger partial charge in [0.2, 0.25) is 5.91 Å². The van der Waals surface area contributed by atoms with Gasteiger partial charge in [-0.25, -0.2) is 8.78 Å². The van der Waals surface area contributed by atoms with Crippen LogP contribution in [0.5, 0.6) is 0 Å². The standard InChI is InChI=1S/C17H24F2N2O/c1-3-21(4-2)17(22)14-6-5-9-20(12-14)11-13-7-8-15(18)16(19)10-13/h7-8,10,14H,3-6,9,11-12H2,1-2H3/t14-/m0/s1. The minimum absolute atomic E-state index is 0.0129. The average Bonchev–Trinajstić information content (AvgIpc) is 2.52. The molecule has 122 valence electrons. The summed E-state index contributed by atoms with van der Waals surface area (Å²) in [4.78, 5) is 16.5. The van der Waals surface area contributed by atoms with Crippen LogP contribution in [0.25, 0.3) is 0 Å². The Morgan fingerprint density at radius 2 is 2.00 bits per heavy atom. The zero-order chi connectivity index (χ0) is 16.1. The van der Waals surface area contributed by atoms with Crippen LogP contribution >= 0.6 is 0 Å². The van der Waals surface area contributed by atoms with Crippen molar-refractivity contribution in [3.8, 4) is 0 Å². The number of hydrogen-bond donors (Lipinski definition) is 0. The van der Waals surface area contributed by atoms with Crippen molar-refractivity contribution in [3.05, 3.63) is 35.4 Å². The van der Waals surface area contributed by atoms with Crippen molar-refractivity contribution in [2.75, 3.05) is 26.2 Å². The molecular weight excluding hydrogens is 286 g/mol. The second-order valence-electron chi connectivity index (χ2n) is 5.83. The van der Waals surface area contributed by atoms with Crippen molar-refractivity contribution in [2.24, 2.45) is 5.92 Å². The molecule has 22 heavy (non-hydrogen) atoms. The number of rotatable bonds is 5. The van der Waals surface area contributed by atoms with E-state index in [1.165, 1.54) is 6.07 Å². The molecule has 1 saturated heterocycles. The fraction of sp³-hybridized carbons (Fsp3) is 0.588. The Balaban J connectivity index is 1.98. The Morgan fingerprint density at radius 3 is 2.64 bits per heavy atom. The van der Waals surface area contributed by atoms with Crippen LogP contribution in [0.3, 0.4) is 0 Å². The van der Waals surface area contributed by atoms with E-state index in [2.05, 4.69) is 4.90 Å². The van der Waals surface area contributed by atoms with Crippen molar-refractivity contribution in [3.63, 3.8) is 0 Å². The summed E-state index contributed by atoms with van der Waals surface area (Å²) in [6.07, 6.45) is 1.87. The minimum atomic E-state index is -0.822. The van der Waals surface area contributed by atoms with Gasteiger partial charge >= 0.3 is 0 Å². The number of likely N-dealkylation sites (tertiary alicyclic amines) is 1. The fourth-order valence-corrected chi connectivity index (χ4v) is 3.09. The normalized spacial score (nSPS) is 19.2. The van der Waals surface area contributed by atoms with Gasteiger partial charge in [-0.2, -0.15) is 0 Å². The molecule has 3 nitrogen and oxygen atoms in total. The molecule has 0 bridgehead atoms. The molecule has 0 spiro atoms. The Kier molecular flexibility index (Phi) is 5.89. The molecular formula is C17H24F2N2O. The lowest BCUT2D eigenvalue weighted by Crippen LogP contribution is -2.44. The van der Waals surface area contributed by atoms with Gasteiger partial charge in [-0.05, 0) is 50.9 Å². The first-order chi connectivity index (χ1) is 10.5. The largest absolute Gasteiger partial charge is 0.343 e. The van der Waals surface area contributed by atoms with Crippen molar-refractivity contribution in [1.82, 2.24) is 9.80 Å². The fourth-order valence-electron chi connectivity index (χ4n) is 3.09. The summed E-state index contributed by atoms with van der Waals surface area (Å²) in [5.74, 6) is -1.42. The molecule has 0 unspecified atom stereocenters. The van der Waals surface area contributed by atoms with Crippen LogP contribution in [0, 0.1) is 17.6 Å². The molecule has 2 rings (SSSR count). The van der Waals surface area contributed by atoms with E-state index in [1.54, 1.807) is 6.07 Å². The zero-order valence-electron chi connectivity index (χ0n) is 13.3. The van der Waals surface area contributed by atoms with Gasteiger partial charge in [0.1, 0.15) is 0 Å². The highest BCUT2D eigenvalue weighted by atomic mass is 19.2. The molecule has 5 heteroatoms. The average molecular weight is 310 g/mol. The first-order valence-electron chi connectivity index (χ1n) is 8.00. The van der Waals surface area contributed by atoms with Gasteiger partial charge in [0.15, 0.2) is 11.6 Å². The molecule has 1 atom stereocenters. The number of halogens is 2. The second kappa shape index (κ2) is 7.68. The first kappa shape index (κ1) is 16.9. The van der Waals surface area contributed by atoms with Crippen LogP contribution in [0.1, 0.15) is 32.3 Å². The number of carbonyl (C=O) groups is 1. The SMILES string of the molecule is CCN(CC)C(=O)[C@H]1CCCN(Cc2ccc(F)c(F)c2)C1. The second-order valence-corrected chi connectivity index (χ2v) is 5.83. The first-order valence-corrected chi connectivity index (χ1v) is 8.00. The van der Waals surface area contributed by atoms with Crippen molar-refractivity contribution in [1.29, 1.82) is 0 Å². The molecule has 1 aliphatic heterocycles. The molecule has 0 saturated carbocycles. The highest BCUT2D eigenvalue weighted by molar-refractivity contribution is 5.79. The van der Waals surface area contributed by atoms with Crippen LogP contribution in [0.4, 0.5) is 8.78 Å². The van der Waals surface area contributed by atoms with Gasteiger partial charge in [0.05, 0.1) is 5.92 Å². The molecule has 1 aromatic rings. The van der Waals surface area contributed by atoms with Gasteiger partial charge in [0, 0.05) is 26.2 Å². The molecule has 0 N–H and O–H groups in total.